The summed E-state index contributed by atoms with van der Waals surface area (Å²) in [5.74, 6) is 0. The molecule has 1 fully saturated rings. The van der Waals surface area contributed by atoms with E-state index in [1.165, 1.54) is 0 Å². The van der Waals surface area contributed by atoms with Gasteiger partial charge in [0.25, 0.3) is 0 Å². The average molecular weight is 251 g/mol. The van der Waals surface area contributed by atoms with E-state index in [-0.39, 0.29) is 6.04 Å². The number of nitriles is 1. The number of halogens is 1. The van der Waals surface area contributed by atoms with Crippen molar-refractivity contribution in [2.75, 3.05) is 26.2 Å². The zero-order valence-electron chi connectivity index (χ0n) is 9.56. The van der Waals surface area contributed by atoms with Crippen LogP contribution in [0.2, 0.25) is 5.15 Å². The maximum Gasteiger partial charge on any atom is 0.129 e. The maximum atomic E-state index is 8.94. The SMILES string of the molecule is N#CC[C@H](c1ccc(Cl)nc1)N1CCNCC1. The molecule has 0 aromatic carbocycles. The first-order valence-corrected chi connectivity index (χ1v) is 6.12. The smallest absolute Gasteiger partial charge is 0.129 e. The van der Waals surface area contributed by atoms with Crippen LogP contribution in [0, 0.1) is 11.3 Å². The first-order chi connectivity index (χ1) is 8.31. The van der Waals surface area contributed by atoms with Crippen LogP contribution in [-0.4, -0.2) is 36.1 Å². The average Bonchev–Trinajstić information content (AvgIpc) is 2.38. The van der Waals surface area contributed by atoms with Crippen molar-refractivity contribution >= 4 is 11.6 Å². The number of hydrogen-bond acceptors (Lipinski definition) is 4. The van der Waals surface area contributed by atoms with Crippen molar-refractivity contribution in [3.8, 4) is 6.07 Å². The van der Waals surface area contributed by atoms with Gasteiger partial charge in [0.1, 0.15) is 5.15 Å². The number of nitrogens with one attached hydrogen (secondary N) is 1. The van der Waals surface area contributed by atoms with Gasteiger partial charge in [-0.15, -0.1) is 0 Å². The summed E-state index contributed by atoms with van der Waals surface area (Å²) in [6, 6.07) is 6.13. The van der Waals surface area contributed by atoms with E-state index in [0.29, 0.717) is 11.6 Å². The van der Waals surface area contributed by atoms with Crippen molar-refractivity contribution < 1.29 is 0 Å². The Bertz CT molecular complexity index is 392. The van der Waals surface area contributed by atoms with Crippen LogP contribution in [0.3, 0.4) is 0 Å². The van der Waals surface area contributed by atoms with E-state index in [2.05, 4.69) is 21.3 Å². The summed E-state index contributed by atoms with van der Waals surface area (Å²) in [5.41, 5.74) is 1.07. The third-order valence-corrected chi connectivity index (χ3v) is 3.24. The van der Waals surface area contributed by atoms with Crippen molar-refractivity contribution in [1.29, 1.82) is 5.26 Å². The topological polar surface area (TPSA) is 52.0 Å². The van der Waals surface area contributed by atoms with Gasteiger partial charge >= 0.3 is 0 Å². The summed E-state index contributed by atoms with van der Waals surface area (Å²) in [5, 5.41) is 12.7. The highest BCUT2D eigenvalue weighted by Crippen LogP contribution is 2.24. The molecule has 5 heteroatoms. The molecule has 0 unspecified atom stereocenters. The predicted molar refractivity (Wildman–Crippen MR) is 66.7 cm³/mol. The fourth-order valence-corrected chi connectivity index (χ4v) is 2.23. The fraction of sp³-hybridized carbons (Fsp3) is 0.500. The number of pyridine rings is 1. The van der Waals surface area contributed by atoms with Gasteiger partial charge in [0, 0.05) is 38.4 Å². The van der Waals surface area contributed by atoms with Crippen molar-refractivity contribution in [2.24, 2.45) is 0 Å². The lowest BCUT2D eigenvalue weighted by atomic mass is 10.0. The minimum atomic E-state index is 0.131. The monoisotopic (exact) mass is 250 g/mol. The first-order valence-electron chi connectivity index (χ1n) is 5.74. The van der Waals surface area contributed by atoms with Gasteiger partial charge < -0.3 is 5.32 Å². The Morgan fingerprint density at radius 1 is 1.47 bits per heavy atom. The van der Waals surface area contributed by atoms with Gasteiger partial charge in [-0.3, -0.25) is 4.90 Å². The van der Waals surface area contributed by atoms with E-state index < -0.39 is 0 Å². The lowest BCUT2D eigenvalue weighted by molar-refractivity contribution is 0.175. The Morgan fingerprint density at radius 3 is 2.82 bits per heavy atom. The van der Waals surface area contributed by atoms with E-state index in [0.717, 1.165) is 31.7 Å². The molecule has 0 spiro atoms. The van der Waals surface area contributed by atoms with Crippen molar-refractivity contribution in [1.82, 2.24) is 15.2 Å². The molecular formula is C12H15ClN4. The van der Waals surface area contributed by atoms with Crippen LogP contribution in [0.1, 0.15) is 18.0 Å². The van der Waals surface area contributed by atoms with Gasteiger partial charge in [-0.1, -0.05) is 17.7 Å². The molecule has 0 bridgehead atoms. The van der Waals surface area contributed by atoms with Gasteiger partial charge in [0.15, 0.2) is 0 Å². The van der Waals surface area contributed by atoms with Gasteiger partial charge in [0.2, 0.25) is 0 Å². The molecule has 1 aliphatic heterocycles. The van der Waals surface area contributed by atoms with Crippen LogP contribution in [0.25, 0.3) is 0 Å². The molecule has 0 radical (unpaired) electrons. The molecule has 0 saturated carbocycles. The minimum Gasteiger partial charge on any atom is -0.314 e. The Balaban J connectivity index is 2.15. The van der Waals surface area contributed by atoms with Crippen LogP contribution in [0.4, 0.5) is 0 Å². The highest BCUT2D eigenvalue weighted by molar-refractivity contribution is 6.29. The highest BCUT2D eigenvalue weighted by Gasteiger charge is 2.21. The number of aromatic nitrogens is 1. The molecule has 0 aliphatic carbocycles. The maximum absolute atomic E-state index is 8.94. The highest BCUT2D eigenvalue weighted by atomic mass is 35.5. The number of piperazine rings is 1. The lowest BCUT2D eigenvalue weighted by Gasteiger charge is -2.33. The largest absolute Gasteiger partial charge is 0.314 e. The van der Waals surface area contributed by atoms with Crippen LogP contribution < -0.4 is 5.32 Å². The van der Waals surface area contributed by atoms with Crippen LogP contribution in [-0.2, 0) is 0 Å². The lowest BCUT2D eigenvalue weighted by Crippen LogP contribution is -2.45. The van der Waals surface area contributed by atoms with Gasteiger partial charge in [-0.25, -0.2) is 4.98 Å². The number of rotatable bonds is 3. The minimum absolute atomic E-state index is 0.131. The Labute approximate surface area is 106 Å². The Hall–Kier alpha value is -1.15. The molecular weight excluding hydrogens is 236 g/mol. The Kier molecular flexibility index (Phi) is 4.32. The van der Waals surface area contributed by atoms with Crippen molar-refractivity contribution in [3.05, 3.63) is 29.0 Å². The zero-order valence-corrected chi connectivity index (χ0v) is 10.3. The molecule has 1 aromatic heterocycles. The molecule has 2 heterocycles. The normalized spacial score (nSPS) is 18.6. The molecule has 0 amide bonds. The Morgan fingerprint density at radius 2 is 2.24 bits per heavy atom. The van der Waals surface area contributed by atoms with E-state index in [4.69, 9.17) is 16.9 Å². The molecule has 1 aliphatic rings. The first kappa shape index (κ1) is 12.3. The van der Waals surface area contributed by atoms with E-state index in [1.54, 1.807) is 12.3 Å². The van der Waals surface area contributed by atoms with E-state index in [9.17, 15) is 0 Å². The number of nitrogens with zero attached hydrogens (tertiary/aromatic N) is 3. The molecule has 17 heavy (non-hydrogen) atoms. The summed E-state index contributed by atoms with van der Waals surface area (Å²) in [6.45, 7) is 3.88. The molecule has 1 N–H and O–H groups in total. The molecule has 2 rings (SSSR count). The number of hydrogen-bond donors (Lipinski definition) is 1. The second kappa shape index (κ2) is 5.97. The zero-order chi connectivity index (χ0) is 12.1. The molecule has 90 valence electrons. The molecule has 1 atom stereocenters. The van der Waals surface area contributed by atoms with Gasteiger partial charge in [0.05, 0.1) is 12.5 Å². The summed E-state index contributed by atoms with van der Waals surface area (Å²) < 4.78 is 0. The van der Waals surface area contributed by atoms with Crippen molar-refractivity contribution in [3.63, 3.8) is 0 Å². The molecule has 1 saturated heterocycles. The van der Waals surface area contributed by atoms with Crippen LogP contribution in [0.15, 0.2) is 18.3 Å². The van der Waals surface area contributed by atoms with E-state index >= 15 is 0 Å². The summed E-state index contributed by atoms with van der Waals surface area (Å²) >= 11 is 5.78. The summed E-state index contributed by atoms with van der Waals surface area (Å²) in [4.78, 5) is 6.41. The molecule has 4 nitrogen and oxygen atoms in total. The van der Waals surface area contributed by atoms with Gasteiger partial charge in [-0.2, -0.15) is 5.26 Å². The quantitative estimate of drug-likeness (QED) is 0.828. The van der Waals surface area contributed by atoms with Crippen LogP contribution >= 0.6 is 11.6 Å². The predicted octanol–water partition coefficient (Wildman–Crippen LogP) is 1.59. The second-order valence-electron chi connectivity index (χ2n) is 4.08. The third kappa shape index (κ3) is 3.16. The second-order valence-corrected chi connectivity index (χ2v) is 4.47. The standard InChI is InChI=1S/C12H15ClN4/c13-12-2-1-10(9-16-12)11(3-4-14)17-7-5-15-6-8-17/h1-2,9,11,15H,3,5-8H2/t11-/m1/s1. The molecule has 1 aromatic rings. The van der Waals surface area contributed by atoms with Crippen LogP contribution in [0.5, 0.6) is 0 Å². The van der Waals surface area contributed by atoms with Gasteiger partial charge in [-0.05, 0) is 11.6 Å². The van der Waals surface area contributed by atoms with Crippen molar-refractivity contribution in [2.45, 2.75) is 12.5 Å². The summed E-state index contributed by atoms with van der Waals surface area (Å²) in [7, 11) is 0. The fourth-order valence-electron chi connectivity index (χ4n) is 2.12. The summed E-state index contributed by atoms with van der Waals surface area (Å²) in [6.07, 6.45) is 2.26. The third-order valence-electron chi connectivity index (χ3n) is 3.01. The van der Waals surface area contributed by atoms with E-state index in [1.807, 2.05) is 6.07 Å².